The number of rotatable bonds is 1. The minimum absolute atomic E-state index is 0.681. The van der Waals surface area contributed by atoms with Crippen LogP contribution in [0.1, 0.15) is 13.8 Å². The quantitative estimate of drug-likeness (QED) is 0.632. The Bertz CT molecular complexity index is 219. The molecule has 0 saturated carbocycles. The van der Waals surface area contributed by atoms with Gasteiger partial charge in [-0.05, 0) is 20.9 Å². The highest BCUT2D eigenvalue weighted by molar-refractivity contribution is 4.75. The minimum Gasteiger partial charge on any atom is -0.298 e. The van der Waals surface area contributed by atoms with Crippen molar-refractivity contribution in [1.82, 2.24) is 19.6 Å². The molecule has 2 unspecified atom stereocenters. The van der Waals surface area contributed by atoms with E-state index in [1.807, 2.05) is 0 Å². The second-order valence-corrected chi connectivity index (χ2v) is 5.50. The predicted octanol–water partition coefficient (Wildman–Crippen LogP) is 0.175. The van der Waals surface area contributed by atoms with Crippen LogP contribution in [0.25, 0.3) is 0 Å². The lowest BCUT2D eigenvalue weighted by molar-refractivity contribution is 0.0709. The van der Waals surface area contributed by atoms with Crippen LogP contribution in [0.5, 0.6) is 0 Å². The second-order valence-electron chi connectivity index (χ2n) is 5.50. The maximum absolute atomic E-state index is 2.60. The highest BCUT2D eigenvalue weighted by Gasteiger charge is 2.22. The highest BCUT2D eigenvalue weighted by atomic mass is 15.4. The molecule has 2 bridgehead atoms. The predicted molar refractivity (Wildman–Crippen MR) is 67.4 cm³/mol. The van der Waals surface area contributed by atoms with Crippen molar-refractivity contribution >= 4 is 0 Å². The zero-order valence-corrected chi connectivity index (χ0v) is 11.0. The van der Waals surface area contributed by atoms with Gasteiger partial charge in [0.1, 0.15) is 0 Å². The van der Waals surface area contributed by atoms with Crippen LogP contribution in [0, 0.1) is 0 Å². The molecule has 0 aliphatic carbocycles. The summed E-state index contributed by atoms with van der Waals surface area (Å²) in [6, 6.07) is 0.681. The fraction of sp³-hybridized carbons (Fsp3) is 1.00. The molecule has 4 heteroatoms. The summed E-state index contributed by atoms with van der Waals surface area (Å²) < 4.78 is 0. The van der Waals surface area contributed by atoms with Gasteiger partial charge in [-0.2, -0.15) is 0 Å². The zero-order valence-electron chi connectivity index (χ0n) is 11.0. The molecule has 0 aromatic carbocycles. The van der Waals surface area contributed by atoms with E-state index in [1.54, 1.807) is 0 Å². The summed E-state index contributed by atoms with van der Waals surface area (Å²) in [6.45, 7) is 14.2. The van der Waals surface area contributed by atoms with Crippen LogP contribution in [-0.4, -0.2) is 85.3 Å². The Labute approximate surface area is 99.8 Å². The lowest BCUT2D eigenvalue weighted by atomic mass is 10.3. The Hall–Kier alpha value is -0.160. The van der Waals surface area contributed by atoms with Crippen LogP contribution in [0.4, 0.5) is 0 Å². The molecule has 2 saturated heterocycles. The average molecular weight is 226 g/mol. The van der Waals surface area contributed by atoms with Crippen LogP contribution in [0.3, 0.4) is 0 Å². The maximum Gasteiger partial charge on any atom is 0.0519 e. The van der Waals surface area contributed by atoms with Gasteiger partial charge in [-0.15, -0.1) is 0 Å². The van der Waals surface area contributed by atoms with Crippen molar-refractivity contribution in [2.45, 2.75) is 19.9 Å². The van der Waals surface area contributed by atoms with Crippen LogP contribution in [0.2, 0.25) is 0 Å². The Morgan fingerprint density at radius 2 is 1.38 bits per heavy atom. The Kier molecular flexibility index (Phi) is 4.19. The van der Waals surface area contributed by atoms with E-state index in [0.717, 1.165) is 13.3 Å². The van der Waals surface area contributed by atoms with Gasteiger partial charge >= 0.3 is 0 Å². The smallest absolute Gasteiger partial charge is 0.0519 e. The van der Waals surface area contributed by atoms with Crippen molar-refractivity contribution in [1.29, 1.82) is 0 Å². The first-order valence-corrected chi connectivity index (χ1v) is 6.52. The third kappa shape index (κ3) is 3.17. The molecule has 2 fully saturated rings. The van der Waals surface area contributed by atoms with Crippen LogP contribution in [0.15, 0.2) is 0 Å². The van der Waals surface area contributed by atoms with Crippen molar-refractivity contribution in [3.63, 3.8) is 0 Å². The van der Waals surface area contributed by atoms with Gasteiger partial charge in [-0.1, -0.05) is 0 Å². The summed E-state index contributed by atoms with van der Waals surface area (Å²) in [4.78, 5) is 10.2. The topological polar surface area (TPSA) is 13.0 Å². The van der Waals surface area contributed by atoms with E-state index in [2.05, 4.69) is 40.5 Å². The van der Waals surface area contributed by atoms with Crippen LogP contribution < -0.4 is 0 Å². The molecule has 0 radical (unpaired) electrons. The molecular formula is C12H26N4. The average Bonchev–Trinajstić information content (AvgIpc) is 2.37. The van der Waals surface area contributed by atoms with Gasteiger partial charge in [0, 0.05) is 45.3 Å². The molecule has 2 rings (SSSR count). The number of fused-ring (bicyclic) bond motifs is 2. The molecular weight excluding hydrogens is 200 g/mol. The van der Waals surface area contributed by atoms with Crippen molar-refractivity contribution in [3.8, 4) is 0 Å². The molecule has 2 aliphatic rings. The normalized spacial score (nSPS) is 34.5. The Morgan fingerprint density at radius 1 is 0.750 bits per heavy atom. The van der Waals surface area contributed by atoms with E-state index >= 15 is 0 Å². The van der Waals surface area contributed by atoms with E-state index < -0.39 is 0 Å². The van der Waals surface area contributed by atoms with Crippen molar-refractivity contribution in [2.24, 2.45) is 0 Å². The number of hydrogen-bond donors (Lipinski definition) is 0. The van der Waals surface area contributed by atoms with E-state index in [1.165, 1.54) is 39.3 Å². The maximum atomic E-state index is 2.60. The summed E-state index contributed by atoms with van der Waals surface area (Å²) in [5.41, 5.74) is 0. The molecule has 0 amide bonds. The molecule has 0 aromatic heterocycles. The first kappa shape index (κ1) is 12.3. The van der Waals surface area contributed by atoms with Gasteiger partial charge in [0.25, 0.3) is 0 Å². The summed E-state index contributed by atoms with van der Waals surface area (Å²) in [5.74, 6) is 0. The monoisotopic (exact) mass is 226 g/mol. The molecule has 16 heavy (non-hydrogen) atoms. The third-order valence-electron chi connectivity index (χ3n) is 3.78. The summed E-state index contributed by atoms with van der Waals surface area (Å²) in [5, 5.41) is 0. The first-order chi connectivity index (χ1) is 7.65. The van der Waals surface area contributed by atoms with Gasteiger partial charge in [-0.3, -0.25) is 19.6 Å². The number of nitrogens with zero attached hydrogens (tertiary/aromatic N) is 4. The van der Waals surface area contributed by atoms with E-state index in [9.17, 15) is 0 Å². The summed E-state index contributed by atoms with van der Waals surface area (Å²) in [6.07, 6.45) is 0. The largest absolute Gasteiger partial charge is 0.298 e. The van der Waals surface area contributed by atoms with E-state index in [-0.39, 0.29) is 0 Å². The minimum atomic E-state index is 0.681. The number of likely N-dealkylation sites (N-methyl/N-ethyl adjacent to an activating group) is 1. The molecule has 2 atom stereocenters. The van der Waals surface area contributed by atoms with Crippen molar-refractivity contribution in [3.05, 3.63) is 0 Å². The molecule has 4 nitrogen and oxygen atoms in total. The van der Waals surface area contributed by atoms with Crippen LogP contribution in [-0.2, 0) is 0 Å². The Morgan fingerprint density at radius 3 is 2.06 bits per heavy atom. The van der Waals surface area contributed by atoms with Gasteiger partial charge in [0.2, 0.25) is 0 Å². The number of hydrogen-bond acceptors (Lipinski definition) is 4. The summed E-state index contributed by atoms with van der Waals surface area (Å²) >= 11 is 0. The standard InChI is InChI=1S/C12H26N4/c1-12(2)16-8-6-14-5-4-13(3)10-15(11-14)7-9-16/h12H,4-11H2,1-3H3. The molecule has 94 valence electrons. The fourth-order valence-electron chi connectivity index (χ4n) is 2.61. The van der Waals surface area contributed by atoms with Gasteiger partial charge < -0.3 is 0 Å². The van der Waals surface area contributed by atoms with E-state index in [4.69, 9.17) is 0 Å². The fourth-order valence-corrected chi connectivity index (χ4v) is 2.61. The van der Waals surface area contributed by atoms with Crippen molar-refractivity contribution in [2.75, 3.05) is 59.7 Å². The lowest BCUT2D eigenvalue weighted by Crippen LogP contribution is -2.49. The SMILES string of the molecule is CC(C)N1CCN2CCN(C)CN(CC1)C2. The van der Waals surface area contributed by atoms with Gasteiger partial charge in [-0.25, -0.2) is 0 Å². The van der Waals surface area contributed by atoms with Crippen molar-refractivity contribution < 1.29 is 0 Å². The lowest BCUT2D eigenvalue weighted by Gasteiger charge is -2.36. The Balaban J connectivity index is 1.97. The third-order valence-corrected chi connectivity index (χ3v) is 3.78. The highest BCUT2D eigenvalue weighted by Crippen LogP contribution is 2.08. The molecule has 2 aliphatic heterocycles. The van der Waals surface area contributed by atoms with Gasteiger partial charge in [0.05, 0.1) is 13.3 Å². The van der Waals surface area contributed by atoms with E-state index in [0.29, 0.717) is 6.04 Å². The van der Waals surface area contributed by atoms with Crippen LogP contribution >= 0.6 is 0 Å². The van der Waals surface area contributed by atoms with Gasteiger partial charge in [0.15, 0.2) is 0 Å². The molecule has 2 heterocycles. The summed E-state index contributed by atoms with van der Waals surface area (Å²) in [7, 11) is 2.23. The molecule has 0 N–H and O–H groups in total. The second kappa shape index (κ2) is 5.45. The first-order valence-electron chi connectivity index (χ1n) is 6.52. The zero-order chi connectivity index (χ0) is 11.5. The molecule has 0 spiro atoms. The molecule has 0 aromatic rings.